The fourth-order valence-electron chi connectivity index (χ4n) is 3.19. The topological polar surface area (TPSA) is 56.7 Å². The molecule has 0 spiro atoms. The Morgan fingerprint density at radius 2 is 2.04 bits per heavy atom. The lowest BCUT2D eigenvalue weighted by Crippen LogP contribution is -2.37. The molecule has 0 bridgehead atoms. The van der Waals surface area contributed by atoms with E-state index in [1.165, 1.54) is 0 Å². The minimum absolute atomic E-state index is 0.0819. The van der Waals surface area contributed by atoms with Crippen molar-refractivity contribution < 1.29 is 4.74 Å². The van der Waals surface area contributed by atoms with E-state index in [-0.39, 0.29) is 5.56 Å². The molecule has 0 N–H and O–H groups in total. The van der Waals surface area contributed by atoms with Crippen molar-refractivity contribution in [3.63, 3.8) is 0 Å². The number of aromatic nitrogens is 4. The average Bonchev–Trinajstić information content (AvgIpc) is 2.96. The zero-order valence-corrected chi connectivity index (χ0v) is 14.6. The fourth-order valence-corrected chi connectivity index (χ4v) is 3.46. The summed E-state index contributed by atoms with van der Waals surface area (Å²) in [5.41, 5.74) is 0.697. The molecule has 0 unspecified atom stereocenters. The van der Waals surface area contributed by atoms with Crippen LogP contribution < -0.4 is 5.56 Å². The first kappa shape index (κ1) is 16.2. The monoisotopic (exact) mass is 357 g/mol. The number of hydrogen-bond acceptors (Lipinski definition) is 5. The Morgan fingerprint density at radius 1 is 1.28 bits per heavy atom. The van der Waals surface area contributed by atoms with E-state index >= 15 is 0 Å². The Morgan fingerprint density at radius 3 is 2.80 bits per heavy atom. The Labute approximate surface area is 149 Å². The second kappa shape index (κ2) is 6.55. The van der Waals surface area contributed by atoms with Crippen LogP contribution in [-0.4, -0.2) is 50.0 Å². The predicted molar refractivity (Wildman–Crippen MR) is 98.4 cm³/mol. The Hall–Kier alpha value is -2.29. The van der Waals surface area contributed by atoms with E-state index in [1.54, 1.807) is 15.3 Å². The molecule has 130 valence electrons. The number of fused-ring (bicyclic) bond motifs is 3. The van der Waals surface area contributed by atoms with E-state index in [9.17, 15) is 4.79 Å². The molecule has 3 aromatic rings. The van der Waals surface area contributed by atoms with Gasteiger partial charge in [0.1, 0.15) is 0 Å². The maximum absolute atomic E-state index is 12.8. The zero-order valence-electron chi connectivity index (χ0n) is 13.8. The van der Waals surface area contributed by atoms with Crippen LogP contribution in [0, 0.1) is 4.77 Å². The van der Waals surface area contributed by atoms with E-state index in [2.05, 4.69) is 16.6 Å². The highest BCUT2D eigenvalue weighted by molar-refractivity contribution is 7.71. The molecule has 0 atom stereocenters. The summed E-state index contributed by atoms with van der Waals surface area (Å²) in [6.45, 7) is 7.84. The summed E-state index contributed by atoms with van der Waals surface area (Å²) in [5, 5.41) is 5.27. The van der Waals surface area contributed by atoms with Crippen LogP contribution in [0.15, 0.2) is 41.7 Å². The van der Waals surface area contributed by atoms with Gasteiger partial charge in [0.05, 0.1) is 30.8 Å². The molecule has 25 heavy (non-hydrogen) atoms. The van der Waals surface area contributed by atoms with Crippen LogP contribution in [-0.2, 0) is 18.0 Å². The van der Waals surface area contributed by atoms with E-state index in [1.807, 2.05) is 28.7 Å². The van der Waals surface area contributed by atoms with Crippen LogP contribution in [0.25, 0.3) is 16.7 Å². The molecule has 1 aliphatic heterocycles. The second-order valence-electron chi connectivity index (χ2n) is 6.01. The van der Waals surface area contributed by atoms with E-state index in [0.29, 0.717) is 42.4 Å². The van der Waals surface area contributed by atoms with Crippen LogP contribution in [0.3, 0.4) is 0 Å². The number of morpholine rings is 1. The molecule has 1 saturated heterocycles. The third-order valence-electron chi connectivity index (χ3n) is 4.43. The molecule has 7 nitrogen and oxygen atoms in total. The molecule has 0 amide bonds. The van der Waals surface area contributed by atoms with Crippen LogP contribution in [0.4, 0.5) is 0 Å². The van der Waals surface area contributed by atoms with Crippen molar-refractivity contribution in [1.82, 2.24) is 23.6 Å². The lowest BCUT2D eigenvalue weighted by Gasteiger charge is -2.25. The minimum Gasteiger partial charge on any atom is -0.379 e. The van der Waals surface area contributed by atoms with Gasteiger partial charge in [0.25, 0.3) is 5.56 Å². The van der Waals surface area contributed by atoms with Crippen molar-refractivity contribution in [3.05, 3.63) is 52.0 Å². The molecule has 8 heteroatoms. The molecule has 0 aliphatic carbocycles. The van der Waals surface area contributed by atoms with Crippen molar-refractivity contribution in [3.8, 4) is 0 Å². The number of para-hydroxylation sites is 1. The second-order valence-corrected chi connectivity index (χ2v) is 6.38. The van der Waals surface area contributed by atoms with Gasteiger partial charge in [-0.2, -0.15) is 0 Å². The molecule has 1 aliphatic rings. The summed E-state index contributed by atoms with van der Waals surface area (Å²) in [4.78, 5) is 15.1. The summed E-state index contributed by atoms with van der Waals surface area (Å²) in [7, 11) is 0. The van der Waals surface area contributed by atoms with Gasteiger partial charge in [-0.05, 0) is 24.4 Å². The van der Waals surface area contributed by atoms with Gasteiger partial charge in [0.15, 0.2) is 0 Å². The number of benzene rings is 1. The van der Waals surface area contributed by atoms with Gasteiger partial charge in [0, 0.05) is 19.6 Å². The third kappa shape index (κ3) is 2.72. The van der Waals surface area contributed by atoms with Gasteiger partial charge >= 0.3 is 0 Å². The highest BCUT2D eigenvalue weighted by atomic mass is 32.1. The molecule has 2 aromatic heterocycles. The van der Waals surface area contributed by atoms with Gasteiger partial charge in [-0.25, -0.2) is 4.68 Å². The highest BCUT2D eigenvalue weighted by Gasteiger charge is 2.17. The molecular weight excluding hydrogens is 338 g/mol. The lowest BCUT2D eigenvalue weighted by molar-refractivity contribution is 0.0210. The summed E-state index contributed by atoms with van der Waals surface area (Å²) >= 11 is 5.67. The molecule has 0 radical (unpaired) electrons. The van der Waals surface area contributed by atoms with Crippen molar-refractivity contribution in [2.24, 2.45) is 0 Å². The molecular formula is C17H19N5O2S. The van der Waals surface area contributed by atoms with E-state index < -0.39 is 0 Å². The Kier molecular flexibility index (Phi) is 4.24. The number of allylic oxidation sites excluding steroid dienone is 1. The first-order valence-corrected chi connectivity index (χ1v) is 8.63. The molecule has 1 aromatic carbocycles. The molecule has 1 fully saturated rings. The maximum Gasteiger partial charge on any atom is 0.263 e. The van der Waals surface area contributed by atoms with Crippen LogP contribution in [0.2, 0.25) is 0 Å². The van der Waals surface area contributed by atoms with Gasteiger partial charge in [-0.15, -0.1) is 11.7 Å². The maximum atomic E-state index is 12.8. The minimum atomic E-state index is -0.0819. The van der Waals surface area contributed by atoms with Crippen molar-refractivity contribution in [2.75, 3.05) is 26.3 Å². The number of rotatable bonds is 4. The molecule has 0 saturated carbocycles. The summed E-state index contributed by atoms with van der Waals surface area (Å²) < 4.78 is 11.2. The van der Waals surface area contributed by atoms with E-state index in [4.69, 9.17) is 17.0 Å². The fraction of sp³-hybridized carbons (Fsp3) is 0.353. The average molecular weight is 357 g/mol. The van der Waals surface area contributed by atoms with Gasteiger partial charge in [0.2, 0.25) is 10.5 Å². The summed E-state index contributed by atoms with van der Waals surface area (Å²) in [6, 6.07) is 7.48. The predicted octanol–water partition coefficient (Wildman–Crippen LogP) is 1.66. The zero-order chi connectivity index (χ0) is 17.4. The van der Waals surface area contributed by atoms with Crippen molar-refractivity contribution in [2.45, 2.75) is 13.2 Å². The van der Waals surface area contributed by atoms with E-state index in [0.717, 1.165) is 18.6 Å². The van der Waals surface area contributed by atoms with Gasteiger partial charge in [-0.3, -0.25) is 18.7 Å². The third-order valence-corrected chi connectivity index (χ3v) is 4.83. The number of nitrogens with zero attached hydrogens (tertiary/aromatic N) is 5. The van der Waals surface area contributed by atoms with Crippen LogP contribution in [0.1, 0.15) is 0 Å². The van der Waals surface area contributed by atoms with Crippen molar-refractivity contribution >= 4 is 28.9 Å². The number of hydrogen-bond donors (Lipinski definition) is 0. The number of ether oxygens (including phenoxy) is 1. The van der Waals surface area contributed by atoms with Crippen molar-refractivity contribution in [1.29, 1.82) is 0 Å². The first-order valence-electron chi connectivity index (χ1n) is 8.23. The first-order chi connectivity index (χ1) is 12.2. The SMILES string of the molecule is C=CCn1c(=O)c2ccccc2n2c(=S)n(CN3CCOCC3)nc12. The molecule has 4 rings (SSSR count). The van der Waals surface area contributed by atoms with Crippen LogP contribution in [0.5, 0.6) is 0 Å². The largest absolute Gasteiger partial charge is 0.379 e. The summed E-state index contributed by atoms with van der Waals surface area (Å²) in [5.74, 6) is 0.543. The smallest absolute Gasteiger partial charge is 0.263 e. The highest BCUT2D eigenvalue weighted by Crippen LogP contribution is 2.14. The standard InChI is InChI=1S/C17H19N5O2S/c1-2-7-20-15(23)13-5-3-4-6-14(13)22-16(20)18-21(17(22)25)12-19-8-10-24-11-9-19/h2-6H,1,7-12H2. The lowest BCUT2D eigenvalue weighted by atomic mass is 10.2. The summed E-state index contributed by atoms with van der Waals surface area (Å²) in [6.07, 6.45) is 1.69. The Bertz CT molecular complexity index is 1060. The van der Waals surface area contributed by atoms with Crippen LogP contribution >= 0.6 is 12.2 Å². The van der Waals surface area contributed by atoms with Gasteiger partial charge in [-0.1, -0.05) is 18.2 Å². The Balaban J connectivity index is 1.95. The normalized spacial score (nSPS) is 15.8. The molecule has 3 heterocycles. The van der Waals surface area contributed by atoms with Gasteiger partial charge < -0.3 is 4.74 Å². The quantitative estimate of drug-likeness (QED) is 0.525.